The van der Waals surface area contributed by atoms with Crippen LogP contribution in [0.2, 0.25) is 0 Å². The molecule has 0 bridgehead atoms. The number of esters is 1. The number of amides is 1. The lowest BCUT2D eigenvalue weighted by atomic mass is 9.98. The van der Waals surface area contributed by atoms with Gasteiger partial charge in [-0.25, -0.2) is 4.79 Å². The van der Waals surface area contributed by atoms with E-state index in [0.29, 0.717) is 25.6 Å². The predicted molar refractivity (Wildman–Crippen MR) is 128 cm³/mol. The molecule has 0 aliphatic carbocycles. The van der Waals surface area contributed by atoms with E-state index in [9.17, 15) is 9.59 Å². The lowest BCUT2D eigenvalue weighted by Crippen LogP contribution is -2.44. The Morgan fingerprint density at radius 2 is 1.87 bits per heavy atom. The molecule has 30 heavy (non-hydrogen) atoms. The van der Waals surface area contributed by atoms with Gasteiger partial charge >= 0.3 is 12.1 Å². The molecule has 0 aromatic heterocycles. The third-order valence-corrected chi connectivity index (χ3v) is 5.42. The second-order valence-corrected chi connectivity index (χ2v) is 9.14. The Morgan fingerprint density at radius 3 is 2.47 bits per heavy atom. The Labute approximate surface area is 198 Å². The van der Waals surface area contributed by atoms with E-state index in [-0.39, 0.29) is 47.9 Å². The molecule has 1 N–H and O–H groups in total. The first-order chi connectivity index (χ1) is 13.6. The highest BCUT2D eigenvalue weighted by molar-refractivity contribution is 14.0. The molecule has 2 aliphatic rings. The highest BCUT2D eigenvalue weighted by Crippen LogP contribution is 2.25. The first-order valence-corrected chi connectivity index (χ1v) is 10.7. The molecule has 3 atom stereocenters. The molecular formula is C21H39IN4O4. The number of nitrogens with one attached hydrogen (secondary N) is 1. The number of likely N-dealkylation sites (tertiary alicyclic amines) is 2. The van der Waals surface area contributed by atoms with E-state index in [1.807, 2.05) is 27.7 Å². The number of rotatable bonds is 4. The number of hydrogen-bond acceptors (Lipinski definition) is 5. The summed E-state index contributed by atoms with van der Waals surface area (Å²) in [7, 11) is 1.44. The predicted octanol–water partition coefficient (Wildman–Crippen LogP) is 2.96. The van der Waals surface area contributed by atoms with Gasteiger partial charge in [0, 0.05) is 39.3 Å². The zero-order valence-electron chi connectivity index (χ0n) is 19.3. The summed E-state index contributed by atoms with van der Waals surface area (Å²) in [6.07, 6.45) is 1.76. The number of aliphatic imine (C=N–C) groups is 1. The van der Waals surface area contributed by atoms with Crippen LogP contribution in [0, 0.1) is 17.8 Å². The Balaban J connectivity index is 0.00000450. The first kappa shape index (κ1) is 26.8. The fraction of sp³-hybridized carbons (Fsp3) is 0.857. The molecule has 2 heterocycles. The normalized spacial score (nSPS) is 24.9. The van der Waals surface area contributed by atoms with Crippen LogP contribution in [0.15, 0.2) is 4.99 Å². The Bertz CT molecular complexity index is 608. The Hall–Kier alpha value is -1.26. The van der Waals surface area contributed by atoms with Gasteiger partial charge in [0.05, 0.1) is 13.0 Å². The SMILES string of the molecule is CCNC(=NCC1CCCN(C(=O)OC(C)(C)C)C1)N1CC(C)C(C(=O)OC)C1.I. The van der Waals surface area contributed by atoms with E-state index in [0.717, 1.165) is 38.4 Å². The molecule has 0 aromatic rings. The number of halogens is 1. The van der Waals surface area contributed by atoms with Crippen LogP contribution in [0.1, 0.15) is 47.5 Å². The maximum atomic E-state index is 12.4. The van der Waals surface area contributed by atoms with Crippen molar-refractivity contribution in [2.75, 3.05) is 46.4 Å². The largest absolute Gasteiger partial charge is 0.469 e. The molecule has 2 rings (SSSR count). The summed E-state index contributed by atoms with van der Waals surface area (Å²) in [6.45, 7) is 14.0. The van der Waals surface area contributed by atoms with Crippen molar-refractivity contribution in [1.29, 1.82) is 0 Å². The minimum Gasteiger partial charge on any atom is -0.469 e. The number of methoxy groups -OCH3 is 1. The molecule has 0 radical (unpaired) electrons. The fourth-order valence-corrected chi connectivity index (χ4v) is 3.95. The van der Waals surface area contributed by atoms with Crippen LogP contribution in [-0.2, 0) is 14.3 Å². The van der Waals surface area contributed by atoms with Crippen molar-refractivity contribution in [2.24, 2.45) is 22.7 Å². The van der Waals surface area contributed by atoms with Crippen LogP contribution in [0.25, 0.3) is 0 Å². The summed E-state index contributed by atoms with van der Waals surface area (Å²) in [4.78, 5) is 33.2. The molecule has 0 saturated carbocycles. The maximum absolute atomic E-state index is 12.4. The highest BCUT2D eigenvalue weighted by atomic mass is 127. The summed E-state index contributed by atoms with van der Waals surface area (Å²) < 4.78 is 10.5. The average Bonchev–Trinajstić information content (AvgIpc) is 3.05. The second kappa shape index (κ2) is 12.0. The van der Waals surface area contributed by atoms with E-state index in [1.165, 1.54) is 7.11 Å². The smallest absolute Gasteiger partial charge is 0.410 e. The maximum Gasteiger partial charge on any atom is 0.410 e. The topological polar surface area (TPSA) is 83.5 Å². The van der Waals surface area contributed by atoms with E-state index in [4.69, 9.17) is 14.5 Å². The zero-order chi connectivity index (χ0) is 21.6. The average molecular weight is 538 g/mol. The van der Waals surface area contributed by atoms with Crippen molar-refractivity contribution in [3.63, 3.8) is 0 Å². The molecule has 2 fully saturated rings. The van der Waals surface area contributed by atoms with Crippen LogP contribution in [-0.4, -0.2) is 79.8 Å². The molecule has 1 amide bonds. The van der Waals surface area contributed by atoms with Gasteiger partial charge in [0.25, 0.3) is 0 Å². The molecule has 2 aliphatic heterocycles. The molecule has 9 heteroatoms. The number of guanidine groups is 1. The van der Waals surface area contributed by atoms with Gasteiger partial charge in [-0.15, -0.1) is 24.0 Å². The quantitative estimate of drug-likeness (QED) is 0.257. The van der Waals surface area contributed by atoms with Gasteiger partial charge in [-0.3, -0.25) is 9.79 Å². The van der Waals surface area contributed by atoms with Crippen molar-refractivity contribution in [3.8, 4) is 0 Å². The van der Waals surface area contributed by atoms with Crippen LogP contribution in [0.4, 0.5) is 4.79 Å². The summed E-state index contributed by atoms with van der Waals surface area (Å²) in [6, 6.07) is 0. The molecule has 2 saturated heterocycles. The van der Waals surface area contributed by atoms with Crippen molar-refractivity contribution in [2.45, 2.75) is 53.1 Å². The summed E-state index contributed by atoms with van der Waals surface area (Å²) >= 11 is 0. The standard InChI is InChI=1S/C21H38N4O4.HI/c1-7-22-19(25-12-15(2)17(14-25)18(26)28-6)23-11-16-9-8-10-24(13-16)20(27)29-21(3,4)5;/h15-17H,7-14H2,1-6H3,(H,22,23);1H. The van der Waals surface area contributed by atoms with Gasteiger partial charge in [0.15, 0.2) is 5.96 Å². The Kier molecular flexibility index (Phi) is 10.7. The number of nitrogens with zero attached hydrogens (tertiary/aromatic N) is 3. The third kappa shape index (κ3) is 7.77. The highest BCUT2D eigenvalue weighted by Gasteiger charge is 2.37. The van der Waals surface area contributed by atoms with Crippen LogP contribution in [0.5, 0.6) is 0 Å². The molecule has 0 spiro atoms. The minimum atomic E-state index is -0.483. The molecule has 174 valence electrons. The Morgan fingerprint density at radius 1 is 1.17 bits per heavy atom. The van der Waals surface area contributed by atoms with Crippen molar-refractivity contribution < 1.29 is 19.1 Å². The van der Waals surface area contributed by atoms with Crippen LogP contribution < -0.4 is 5.32 Å². The van der Waals surface area contributed by atoms with Gasteiger partial charge in [-0.2, -0.15) is 0 Å². The number of carbonyl (C=O) groups excluding carboxylic acids is 2. The number of hydrogen-bond donors (Lipinski definition) is 1. The number of piperidine rings is 1. The van der Waals surface area contributed by atoms with Crippen LogP contribution in [0.3, 0.4) is 0 Å². The summed E-state index contributed by atoms with van der Waals surface area (Å²) in [5, 5.41) is 3.35. The monoisotopic (exact) mass is 538 g/mol. The zero-order valence-corrected chi connectivity index (χ0v) is 21.6. The lowest BCUT2D eigenvalue weighted by molar-refractivity contribution is -0.145. The molecule has 0 aromatic carbocycles. The number of carbonyl (C=O) groups is 2. The van der Waals surface area contributed by atoms with E-state index >= 15 is 0 Å². The van der Waals surface area contributed by atoms with E-state index in [2.05, 4.69) is 17.1 Å². The summed E-state index contributed by atoms with van der Waals surface area (Å²) in [5.74, 6) is 1.09. The van der Waals surface area contributed by atoms with Crippen LogP contribution >= 0.6 is 24.0 Å². The first-order valence-electron chi connectivity index (χ1n) is 10.7. The fourth-order valence-electron chi connectivity index (χ4n) is 3.95. The minimum absolute atomic E-state index is 0. The molecular weight excluding hydrogens is 499 g/mol. The van der Waals surface area contributed by atoms with Gasteiger partial charge in [-0.1, -0.05) is 6.92 Å². The van der Waals surface area contributed by atoms with Crippen molar-refractivity contribution in [1.82, 2.24) is 15.1 Å². The van der Waals surface area contributed by atoms with Crippen molar-refractivity contribution in [3.05, 3.63) is 0 Å². The lowest BCUT2D eigenvalue weighted by Gasteiger charge is -2.33. The second-order valence-electron chi connectivity index (χ2n) is 9.14. The molecule has 3 unspecified atom stereocenters. The van der Waals surface area contributed by atoms with E-state index < -0.39 is 5.60 Å². The van der Waals surface area contributed by atoms with Gasteiger partial charge in [0.1, 0.15) is 5.60 Å². The molecule has 8 nitrogen and oxygen atoms in total. The number of ether oxygens (including phenoxy) is 2. The van der Waals surface area contributed by atoms with Gasteiger partial charge < -0.3 is 24.6 Å². The van der Waals surface area contributed by atoms with Gasteiger partial charge in [-0.05, 0) is 52.4 Å². The van der Waals surface area contributed by atoms with Gasteiger partial charge in [0.2, 0.25) is 0 Å². The van der Waals surface area contributed by atoms with E-state index in [1.54, 1.807) is 4.90 Å². The summed E-state index contributed by atoms with van der Waals surface area (Å²) in [5.41, 5.74) is -0.483. The third-order valence-electron chi connectivity index (χ3n) is 5.42. The van der Waals surface area contributed by atoms with Crippen molar-refractivity contribution >= 4 is 42.0 Å².